The number of carbonyl (C=O) groups is 1. The van der Waals surface area contributed by atoms with Gasteiger partial charge in [-0.1, -0.05) is 18.2 Å². The molecular formula is C28H33ClN4O5S. The maximum atomic E-state index is 13.2. The molecule has 1 atom stereocenters. The van der Waals surface area contributed by atoms with Crippen LogP contribution in [0.2, 0.25) is 5.02 Å². The van der Waals surface area contributed by atoms with Crippen molar-refractivity contribution in [1.82, 2.24) is 15.2 Å². The topological polar surface area (TPSA) is 97.2 Å². The summed E-state index contributed by atoms with van der Waals surface area (Å²) >= 11 is 7.96. The Balaban J connectivity index is 1.27. The van der Waals surface area contributed by atoms with E-state index in [4.69, 9.17) is 32.4 Å². The molecule has 39 heavy (non-hydrogen) atoms. The summed E-state index contributed by atoms with van der Waals surface area (Å²) in [5.74, 6) is 0.0907. The number of amides is 1. The number of pyridine rings is 1. The summed E-state index contributed by atoms with van der Waals surface area (Å²) in [4.78, 5) is 34.7. The molecule has 1 aromatic carbocycles. The minimum atomic E-state index is -0.855. The highest BCUT2D eigenvalue weighted by atomic mass is 35.5. The molecule has 1 aromatic heterocycles. The maximum absolute atomic E-state index is 13.2. The van der Waals surface area contributed by atoms with E-state index < -0.39 is 11.3 Å². The summed E-state index contributed by atoms with van der Waals surface area (Å²) in [5, 5.41) is 3.14. The smallest absolute Gasteiger partial charge is 0.322 e. The first kappa shape index (κ1) is 27.8. The number of hydrogen-bond acceptors (Lipinski definition) is 7. The first-order chi connectivity index (χ1) is 18.7. The number of hydrogen-bond donors (Lipinski definition) is 2. The molecule has 0 bridgehead atoms. The lowest BCUT2D eigenvalue weighted by molar-refractivity contribution is -0.130. The Labute approximate surface area is 237 Å². The molecule has 2 aromatic rings. The van der Waals surface area contributed by atoms with Gasteiger partial charge in [-0.05, 0) is 51.0 Å². The van der Waals surface area contributed by atoms with Crippen molar-refractivity contribution in [3.63, 3.8) is 0 Å². The highest BCUT2D eigenvalue weighted by Gasteiger charge is 2.48. The van der Waals surface area contributed by atoms with Crippen LogP contribution in [0.5, 0.6) is 11.5 Å². The molecular weight excluding hydrogens is 540 g/mol. The number of ether oxygens (including phenoxy) is 3. The van der Waals surface area contributed by atoms with E-state index in [-0.39, 0.29) is 24.2 Å². The maximum Gasteiger partial charge on any atom is 0.322 e. The van der Waals surface area contributed by atoms with Crippen LogP contribution in [0.15, 0.2) is 21.8 Å². The van der Waals surface area contributed by atoms with Gasteiger partial charge >= 0.3 is 5.56 Å². The number of thioether (sulfide) groups is 1. The number of benzene rings is 1. The zero-order valence-electron chi connectivity index (χ0n) is 22.6. The van der Waals surface area contributed by atoms with Gasteiger partial charge < -0.3 is 24.4 Å². The number of halogens is 1. The quantitative estimate of drug-likeness (QED) is 0.359. The molecule has 1 aliphatic carbocycles. The fourth-order valence-electron chi connectivity index (χ4n) is 5.86. The van der Waals surface area contributed by atoms with Crippen molar-refractivity contribution >= 4 is 35.1 Å². The predicted molar refractivity (Wildman–Crippen MR) is 150 cm³/mol. The normalized spacial score (nSPS) is 24.7. The molecule has 0 radical (unpaired) electrons. The van der Waals surface area contributed by atoms with Gasteiger partial charge in [0.05, 0.1) is 23.2 Å². The summed E-state index contributed by atoms with van der Waals surface area (Å²) < 4.78 is 18.2. The number of H-pyrrole nitrogens is 1. The van der Waals surface area contributed by atoms with E-state index in [1.165, 1.54) is 11.8 Å². The van der Waals surface area contributed by atoms with E-state index in [2.05, 4.69) is 20.0 Å². The van der Waals surface area contributed by atoms with Crippen molar-refractivity contribution in [1.29, 1.82) is 0 Å². The van der Waals surface area contributed by atoms with Gasteiger partial charge in [-0.3, -0.25) is 14.7 Å². The van der Waals surface area contributed by atoms with Crippen molar-refractivity contribution in [2.75, 3.05) is 26.5 Å². The van der Waals surface area contributed by atoms with Crippen LogP contribution < -0.4 is 20.3 Å². The standard InChI is InChI=1S/C28H33ClN4O5S/c1-15-19(26(34)31-12-20-22(39-5)11-23(30-3)32-27(20)35)10-21(29)25-24(15)37-28(2,38-25)16-6-8-17(9-7-16)33-13-18(14-33)36-4/h10-11,16-18H,6-9,12-14H2,1-2,4-5H3,(H,31,34)(H,32,35). The van der Waals surface area contributed by atoms with Crippen LogP contribution >= 0.6 is 23.4 Å². The summed E-state index contributed by atoms with van der Waals surface area (Å²) in [7, 11) is 1.77. The molecule has 3 aliphatic rings. The number of carbonyl (C=O) groups excluding carboxylic acids is 1. The Morgan fingerprint density at radius 2 is 1.97 bits per heavy atom. The molecule has 1 unspecified atom stereocenters. The van der Waals surface area contributed by atoms with Crippen LogP contribution in [-0.2, 0) is 11.3 Å². The summed E-state index contributed by atoms with van der Waals surface area (Å²) in [6, 6.07) is 3.77. The molecule has 9 nitrogen and oxygen atoms in total. The Morgan fingerprint density at radius 3 is 2.62 bits per heavy atom. The van der Waals surface area contributed by atoms with Gasteiger partial charge in [-0.2, -0.15) is 0 Å². The van der Waals surface area contributed by atoms with Gasteiger partial charge in [0.2, 0.25) is 5.82 Å². The second kappa shape index (κ2) is 11.0. The largest absolute Gasteiger partial charge is 0.448 e. The van der Waals surface area contributed by atoms with Crippen molar-refractivity contribution in [3.05, 3.63) is 55.6 Å². The Morgan fingerprint density at radius 1 is 1.28 bits per heavy atom. The lowest BCUT2D eigenvalue weighted by Crippen LogP contribution is -2.57. The fourth-order valence-corrected chi connectivity index (χ4v) is 6.73. The minimum Gasteiger partial charge on any atom is -0.448 e. The highest BCUT2D eigenvalue weighted by Crippen LogP contribution is 2.52. The lowest BCUT2D eigenvalue weighted by Gasteiger charge is -2.47. The van der Waals surface area contributed by atoms with Crippen LogP contribution in [0, 0.1) is 19.4 Å². The molecule has 0 spiro atoms. The van der Waals surface area contributed by atoms with Crippen molar-refractivity contribution in [3.8, 4) is 11.5 Å². The van der Waals surface area contributed by atoms with E-state index in [0.29, 0.717) is 50.3 Å². The number of likely N-dealkylation sites (tertiary alicyclic amines) is 1. The molecule has 1 saturated carbocycles. The Bertz CT molecular complexity index is 1380. The number of rotatable bonds is 7. The van der Waals surface area contributed by atoms with Gasteiger partial charge in [0.15, 0.2) is 11.5 Å². The van der Waals surface area contributed by atoms with E-state index in [1.807, 2.05) is 20.1 Å². The highest BCUT2D eigenvalue weighted by molar-refractivity contribution is 7.98. The number of nitrogens with zero attached hydrogens (tertiary/aromatic N) is 2. The van der Waals surface area contributed by atoms with Gasteiger partial charge in [-0.25, -0.2) is 4.79 Å². The van der Waals surface area contributed by atoms with Crippen molar-refractivity contribution < 1.29 is 19.0 Å². The molecule has 1 amide bonds. The zero-order valence-corrected chi connectivity index (χ0v) is 24.1. The van der Waals surface area contributed by atoms with E-state index in [9.17, 15) is 9.59 Å². The average Bonchev–Trinajstić information content (AvgIpc) is 3.29. The van der Waals surface area contributed by atoms with Gasteiger partial charge in [-0.15, -0.1) is 11.8 Å². The number of fused-ring (bicyclic) bond motifs is 1. The first-order valence-electron chi connectivity index (χ1n) is 13.1. The summed E-state index contributed by atoms with van der Waals surface area (Å²) in [6.07, 6.45) is 6.28. The average molecular weight is 573 g/mol. The monoisotopic (exact) mass is 572 g/mol. The van der Waals surface area contributed by atoms with Crippen LogP contribution in [0.25, 0.3) is 4.85 Å². The van der Waals surface area contributed by atoms with Crippen LogP contribution in [0.3, 0.4) is 0 Å². The second-order valence-electron chi connectivity index (χ2n) is 10.6. The summed E-state index contributed by atoms with van der Waals surface area (Å²) in [6.45, 7) is 12.9. The van der Waals surface area contributed by atoms with Gasteiger partial charge in [0.1, 0.15) is 0 Å². The fraction of sp³-hybridized carbons (Fsp3) is 0.536. The lowest BCUT2D eigenvalue weighted by atomic mass is 9.80. The van der Waals surface area contributed by atoms with E-state index in [0.717, 1.165) is 38.8 Å². The number of aromatic nitrogens is 1. The molecule has 208 valence electrons. The molecule has 2 aliphatic heterocycles. The number of nitrogens with one attached hydrogen (secondary N) is 2. The predicted octanol–water partition coefficient (Wildman–Crippen LogP) is 4.92. The van der Waals surface area contributed by atoms with Crippen molar-refractivity contribution in [2.24, 2.45) is 5.92 Å². The molecule has 2 N–H and O–H groups in total. The summed E-state index contributed by atoms with van der Waals surface area (Å²) in [5.41, 5.74) is 0.997. The van der Waals surface area contributed by atoms with Crippen LogP contribution in [0.4, 0.5) is 5.82 Å². The van der Waals surface area contributed by atoms with Gasteiger partial charge in [0.25, 0.3) is 11.7 Å². The van der Waals surface area contributed by atoms with Crippen LogP contribution in [0.1, 0.15) is 54.1 Å². The van der Waals surface area contributed by atoms with Crippen molar-refractivity contribution in [2.45, 2.75) is 68.9 Å². The number of methoxy groups -OCH3 is 1. The third-order valence-corrected chi connectivity index (χ3v) is 9.39. The third-order valence-electron chi connectivity index (χ3n) is 8.30. The van der Waals surface area contributed by atoms with E-state index in [1.54, 1.807) is 19.2 Å². The molecule has 2 fully saturated rings. The first-order valence-corrected chi connectivity index (χ1v) is 14.7. The zero-order chi connectivity index (χ0) is 27.9. The molecule has 11 heteroatoms. The van der Waals surface area contributed by atoms with E-state index >= 15 is 0 Å². The Kier molecular flexibility index (Phi) is 7.89. The number of aromatic amines is 1. The molecule has 3 heterocycles. The van der Waals surface area contributed by atoms with Gasteiger partial charge in [0, 0.05) is 55.1 Å². The SMILES string of the molecule is [C-]#[N+]c1cc(SC)c(CNC(=O)c2cc(Cl)c3c(c2C)OC(C)(C2CCC(N4CC(OC)C4)CC2)O3)c(=O)[nH]1. The Hall–Kier alpha value is -2.71. The molecule has 1 saturated heterocycles. The minimum absolute atomic E-state index is 0.0111. The second-order valence-corrected chi connectivity index (χ2v) is 11.8. The molecule has 5 rings (SSSR count). The third kappa shape index (κ3) is 5.25. The van der Waals surface area contributed by atoms with Crippen LogP contribution in [-0.4, -0.2) is 60.2 Å².